The van der Waals surface area contributed by atoms with E-state index < -0.39 is 33.5 Å². The smallest absolute Gasteiger partial charge is 0.407 e. The molecule has 1 amide bonds. The van der Waals surface area contributed by atoms with Gasteiger partial charge in [0.15, 0.2) is 0 Å². The standard InChI is InChI=1S/C17H20BrFN2O4S/c1-17(2,3)15(25-16(22)20-4)11-8-14(18)21(10-11)26(23,24)13-7-5-6-12(19)9-13/h5-10,15H,1-4H3,(H,20,22). The van der Waals surface area contributed by atoms with E-state index in [0.29, 0.717) is 5.56 Å². The number of nitrogens with zero attached hydrogens (tertiary/aromatic N) is 1. The largest absolute Gasteiger partial charge is 0.441 e. The molecule has 2 aromatic rings. The van der Waals surface area contributed by atoms with E-state index in [4.69, 9.17) is 4.74 Å². The summed E-state index contributed by atoms with van der Waals surface area (Å²) in [5.74, 6) is -0.648. The van der Waals surface area contributed by atoms with Gasteiger partial charge in [0.1, 0.15) is 16.5 Å². The van der Waals surface area contributed by atoms with Gasteiger partial charge in [-0.25, -0.2) is 21.6 Å². The highest BCUT2D eigenvalue weighted by Gasteiger charge is 2.32. The van der Waals surface area contributed by atoms with Gasteiger partial charge in [-0.1, -0.05) is 26.8 Å². The summed E-state index contributed by atoms with van der Waals surface area (Å²) in [6, 6.07) is 6.32. The summed E-state index contributed by atoms with van der Waals surface area (Å²) >= 11 is 3.22. The number of benzene rings is 1. The fourth-order valence-corrected chi connectivity index (χ4v) is 4.64. The lowest BCUT2D eigenvalue weighted by Gasteiger charge is -2.29. The van der Waals surface area contributed by atoms with Crippen molar-refractivity contribution in [2.24, 2.45) is 5.41 Å². The normalized spacial score (nSPS) is 13.3. The van der Waals surface area contributed by atoms with E-state index in [1.54, 1.807) is 6.07 Å². The van der Waals surface area contributed by atoms with Gasteiger partial charge in [-0.05, 0) is 40.2 Å². The van der Waals surface area contributed by atoms with Crippen LogP contribution in [0.3, 0.4) is 0 Å². The number of hydrogen-bond donors (Lipinski definition) is 1. The molecule has 0 spiro atoms. The second-order valence-corrected chi connectivity index (χ2v) is 9.38. The van der Waals surface area contributed by atoms with Crippen LogP contribution < -0.4 is 5.32 Å². The van der Waals surface area contributed by atoms with Crippen molar-refractivity contribution < 1.29 is 22.3 Å². The Kier molecular flexibility index (Phi) is 5.82. The zero-order valence-corrected chi connectivity index (χ0v) is 17.2. The first kappa shape index (κ1) is 20.4. The molecule has 26 heavy (non-hydrogen) atoms. The van der Waals surface area contributed by atoms with Crippen molar-refractivity contribution in [1.29, 1.82) is 0 Å². The molecule has 2 rings (SSSR count). The highest BCUT2D eigenvalue weighted by molar-refractivity contribution is 9.10. The van der Waals surface area contributed by atoms with Crippen molar-refractivity contribution in [3.05, 3.63) is 52.5 Å². The number of carbonyl (C=O) groups excluding carboxylic acids is 1. The number of hydrogen-bond acceptors (Lipinski definition) is 4. The van der Waals surface area contributed by atoms with E-state index in [-0.39, 0.29) is 9.50 Å². The minimum atomic E-state index is -4.01. The zero-order chi connectivity index (χ0) is 19.7. The Hall–Kier alpha value is -1.87. The fourth-order valence-electron chi connectivity index (χ4n) is 2.41. The van der Waals surface area contributed by atoms with Crippen molar-refractivity contribution in [3.8, 4) is 0 Å². The van der Waals surface area contributed by atoms with Crippen LogP contribution in [0.25, 0.3) is 0 Å². The monoisotopic (exact) mass is 446 g/mol. The molecule has 1 aromatic heterocycles. The second-order valence-electron chi connectivity index (χ2n) is 6.76. The van der Waals surface area contributed by atoms with Crippen LogP contribution in [0.5, 0.6) is 0 Å². The molecule has 1 atom stereocenters. The molecule has 1 unspecified atom stereocenters. The maximum Gasteiger partial charge on any atom is 0.407 e. The molecule has 9 heteroatoms. The van der Waals surface area contributed by atoms with Crippen LogP contribution in [0.4, 0.5) is 9.18 Å². The molecule has 1 aromatic carbocycles. The molecule has 0 bridgehead atoms. The van der Waals surface area contributed by atoms with Crippen LogP contribution in [-0.4, -0.2) is 25.5 Å². The minimum Gasteiger partial charge on any atom is -0.441 e. The third-order valence-corrected chi connectivity index (χ3v) is 6.15. The van der Waals surface area contributed by atoms with Crippen molar-refractivity contribution in [2.45, 2.75) is 31.8 Å². The van der Waals surface area contributed by atoms with Crippen LogP contribution in [0.2, 0.25) is 0 Å². The SMILES string of the molecule is CNC(=O)OC(c1cc(Br)n(S(=O)(=O)c2cccc(F)c2)c1)C(C)(C)C. The first-order valence-electron chi connectivity index (χ1n) is 7.74. The average Bonchev–Trinajstić information content (AvgIpc) is 2.93. The summed E-state index contributed by atoms with van der Waals surface area (Å²) in [5.41, 5.74) is 0.00811. The van der Waals surface area contributed by atoms with Crippen LogP contribution in [0, 0.1) is 11.2 Å². The number of alkyl carbamates (subject to hydrolysis) is 1. The molecular weight excluding hydrogens is 427 g/mol. The van der Waals surface area contributed by atoms with Gasteiger partial charge in [0.2, 0.25) is 0 Å². The zero-order valence-electron chi connectivity index (χ0n) is 14.8. The first-order valence-corrected chi connectivity index (χ1v) is 9.97. The molecule has 142 valence electrons. The summed E-state index contributed by atoms with van der Waals surface area (Å²) in [6.07, 6.45) is 0.0490. The van der Waals surface area contributed by atoms with Crippen LogP contribution in [0.1, 0.15) is 32.4 Å². The maximum absolute atomic E-state index is 13.4. The fraction of sp³-hybridized carbons (Fsp3) is 0.353. The number of halogens is 2. The number of ether oxygens (including phenoxy) is 1. The predicted molar refractivity (Wildman–Crippen MR) is 98.9 cm³/mol. The lowest BCUT2D eigenvalue weighted by Crippen LogP contribution is -2.28. The van der Waals surface area contributed by atoms with Gasteiger partial charge in [-0.3, -0.25) is 0 Å². The van der Waals surface area contributed by atoms with E-state index in [1.165, 1.54) is 31.4 Å². The van der Waals surface area contributed by atoms with Crippen LogP contribution in [-0.2, 0) is 14.8 Å². The van der Waals surface area contributed by atoms with Gasteiger partial charge in [0, 0.05) is 24.2 Å². The lowest BCUT2D eigenvalue weighted by molar-refractivity contribution is 0.0315. The van der Waals surface area contributed by atoms with E-state index in [9.17, 15) is 17.6 Å². The summed E-state index contributed by atoms with van der Waals surface area (Å²) in [5, 5.41) is 2.38. The number of nitrogens with one attached hydrogen (secondary N) is 1. The van der Waals surface area contributed by atoms with Crippen LogP contribution >= 0.6 is 15.9 Å². The Morgan fingerprint density at radius 3 is 2.50 bits per heavy atom. The van der Waals surface area contributed by atoms with Gasteiger partial charge >= 0.3 is 6.09 Å². The molecule has 0 saturated carbocycles. The van der Waals surface area contributed by atoms with E-state index in [0.717, 1.165) is 10.0 Å². The van der Waals surface area contributed by atoms with Gasteiger partial charge in [-0.2, -0.15) is 0 Å². The Bertz CT molecular complexity index is 919. The minimum absolute atomic E-state index is 0.181. The van der Waals surface area contributed by atoms with Crippen molar-refractivity contribution in [3.63, 3.8) is 0 Å². The topological polar surface area (TPSA) is 77.4 Å². The quantitative estimate of drug-likeness (QED) is 0.767. The van der Waals surface area contributed by atoms with Crippen molar-refractivity contribution >= 4 is 32.0 Å². The number of amides is 1. The van der Waals surface area contributed by atoms with Gasteiger partial charge in [0.25, 0.3) is 10.0 Å². The van der Waals surface area contributed by atoms with E-state index in [1.807, 2.05) is 20.8 Å². The molecule has 1 heterocycles. The maximum atomic E-state index is 13.4. The van der Waals surface area contributed by atoms with Crippen LogP contribution in [0.15, 0.2) is 46.0 Å². The number of rotatable bonds is 4. The number of aromatic nitrogens is 1. The molecule has 0 radical (unpaired) electrons. The first-order chi connectivity index (χ1) is 12.0. The molecule has 6 nitrogen and oxygen atoms in total. The number of carbonyl (C=O) groups is 1. The van der Waals surface area contributed by atoms with E-state index in [2.05, 4.69) is 21.2 Å². The predicted octanol–water partition coefficient (Wildman–Crippen LogP) is 4.07. The molecule has 0 fully saturated rings. The van der Waals surface area contributed by atoms with Gasteiger partial charge in [-0.15, -0.1) is 0 Å². The Balaban J connectivity index is 2.51. The third kappa shape index (κ3) is 4.27. The Morgan fingerprint density at radius 2 is 1.96 bits per heavy atom. The van der Waals surface area contributed by atoms with E-state index >= 15 is 0 Å². The highest BCUT2D eigenvalue weighted by atomic mass is 79.9. The lowest BCUT2D eigenvalue weighted by atomic mass is 9.85. The molecule has 1 N–H and O–H groups in total. The summed E-state index contributed by atoms with van der Waals surface area (Å²) in [6.45, 7) is 5.60. The van der Waals surface area contributed by atoms with Gasteiger partial charge < -0.3 is 10.1 Å². The second kappa shape index (κ2) is 7.40. The molecule has 0 aliphatic rings. The molecule has 0 aliphatic heterocycles. The third-order valence-electron chi connectivity index (χ3n) is 3.63. The summed E-state index contributed by atoms with van der Waals surface area (Å²) < 4.78 is 45.7. The summed E-state index contributed by atoms with van der Waals surface area (Å²) in [7, 11) is -2.57. The molecule has 0 aliphatic carbocycles. The Morgan fingerprint density at radius 1 is 1.31 bits per heavy atom. The summed E-state index contributed by atoms with van der Waals surface area (Å²) in [4.78, 5) is 11.5. The van der Waals surface area contributed by atoms with Gasteiger partial charge in [0.05, 0.1) is 4.90 Å². The molecular formula is C17H20BrFN2O4S. The Labute approximate surface area is 160 Å². The highest BCUT2D eigenvalue weighted by Crippen LogP contribution is 2.38. The van der Waals surface area contributed by atoms with Crippen molar-refractivity contribution in [1.82, 2.24) is 9.29 Å². The average molecular weight is 447 g/mol. The molecule has 0 saturated heterocycles. The van der Waals surface area contributed by atoms with Crippen molar-refractivity contribution in [2.75, 3.05) is 7.05 Å².